The Morgan fingerprint density at radius 3 is 2.94 bits per heavy atom. The Morgan fingerprint density at radius 2 is 2.29 bits per heavy atom. The minimum absolute atomic E-state index is 0.123. The minimum Gasteiger partial charge on any atom is -0.370 e. The lowest BCUT2D eigenvalue weighted by atomic mass is 10.2. The van der Waals surface area contributed by atoms with Gasteiger partial charge in [-0.25, -0.2) is 4.98 Å². The average molecular weight is 274 g/mol. The highest BCUT2D eigenvalue weighted by Gasteiger charge is 2.08. The predicted octanol–water partition coefficient (Wildman–Crippen LogP) is 2.26. The van der Waals surface area contributed by atoms with Gasteiger partial charge in [0.15, 0.2) is 0 Å². The SMILES string of the molecule is CCNc1cc(C(=O)NCCSC)cc(Cl)n1. The van der Waals surface area contributed by atoms with Crippen molar-refractivity contribution >= 4 is 35.1 Å². The van der Waals surface area contributed by atoms with E-state index < -0.39 is 0 Å². The van der Waals surface area contributed by atoms with E-state index in [9.17, 15) is 4.79 Å². The molecule has 1 rings (SSSR count). The zero-order chi connectivity index (χ0) is 12.7. The van der Waals surface area contributed by atoms with Gasteiger partial charge in [0.2, 0.25) is 0 Å². The standard InChI is InChI=1S/C11H16ClN3OS/c1-3-13-10-7-8(6-9(12)15-10)11(16)14-4-5-17-2/h6-7H,3-5H2,1-2H3,(H,13,15)(H,14,16). The molecule has 2 N–H and O–H groups in total. The second-order valence-electron chi connectivity index (χ2n) is 3.34. The fraction of sp³-hybridized carbons (Fsp3) is 0.455. The molecule has 17 heavy (non-hydrogen) atoms. The van der Waals surface area contributed by atoms with E-state index in [0.29, 0.717) is 23.1 Å². The van der Waals surface area contributed by atoms with Crippen molar-refractivity contribution in [1.82, 2.24) is 10.3 Å². The number of halogens is 1. The lowest BCUT2D eigenvalue weighted by molar-refractivity contribution is 0.0956. The molecule has 0 atom stereocenters. The van der Waals surface area contributed by atoms with Crippen molar-refractivity contribution < 1.29 is 4.79 Å². The summed E-state index contributed by atoms with van der Waals surface area (Å²) >= 11 is 7.54. The Bertz CT molecular complexity index is 387. The van der Waals surface area contributed by atoms with E-state index >= 15 is 0 Å². The van der Waals surface area contributed by atoms with E-state index in [1.54, 1.807) is 23.9 Å². The van der Waals surface area contributed by atoms with Crippen molar-refractivity contribution in [2.24, 2.45) is 0 Å². The maximum atomic E-state index is 11.8. The van der Waals surface area contributed by atoms with E-state index in [1.165, 1.54) is 0 Å². The van der Waals surface area contributed by atoms with E-state index in [-0.39, 0.29) is 5.91 Å². The summed E-state index contributed by atoms with van der Waals surface area (Å²) in [6, 6.07) is 3.26. The number of carbonyl (C=O) groups excluding carboxylic acids is 1. The number of nitrogens with zero attached hydrogens (tertiary/aromatic N) is 1. The highest BCUT2D eigenvalue weighted by Crippen LogP contribution is 2.14. The Balaban J connectivity index is 2.71. The molecule has 0 saturated carbocycles. The van der Waals surface area contributed by atoms with E-state index in [1.807, 2.05) is 13.2 Å². The van der Waals surface area contributed by atoms with E-state index in [0.717, 1.165) is 12.3 Å². The summed E-state index contributed by atoms with van der Waals surface area (Å²) < 4.78 is 0. The minimum atomic E-state index is -0.123. The first-order valence-corrected chi connectivity index (χ1v) is 7.13. The molecule has 0 fully saturated rings. The Kier molecular flexibility index (Phi) is 6.15. The molecular weight excluding hydrogens is 258 g/mol. The van der Waals surface area contributed by atoms with Crippen molar-refractivity contribution in [3.05, 3.63) is 22.8 Å². The highest BCUT2D eigenvalue weighted by molar-refractivity contribution is 7.98. The summed E-state index contributed by atoms with van der Waals surface area (Å²) in [6.07, 6.45) is 2.00. The molecule has 0 spiro atoms. The number of rotatable bonds is 6. The number of aromatic nitrogens is 1. The number of anilines is 1. The second kappa shape index (κ2) is 7.40. The van der Waals surface area contributed by atoms with Gasteiger partial charge in [0.25, 0.3) is 5.91 Å². The van der Waals surface area contributed by atoms with Crippen LogP contribution in [0.4, 0.5) is 5.82 Å². The normalized spacial score (nSPS) is 10.1. The number of hydrogen-bond donors (Lipinski definition) is 2. The summed E-state index contributed by atoms with van der Waals surface area (Å²) in [6.45, 7) is 3.35. The highest BCUT2D eigenvalue weighted by atomic mass is 35.5. The summed E-state index contributed by atoms with van der Waals surface area (Å²) in [4.78, 5) is 15.9. The molecule has 0 radical (unpaired) electrons. The zero-order valence-electron chi connectivity index (χ0n) is 9.92. The molecule has 0 aliphatic rings. The van der Waals surface area contributed by atoms with Crippen LogP contribution in [-0.4, -0.2) is 36.0 Å². The van der Waals surface area contributed by atoms with Crippen molar-refractivity contribution in [3.63, 3.8) is 0 Å². The molecule has 4 nitrogen and oxygen atoms in total. The van der Waals surface area contributed by atoms with Gasteiger partial charge in [-0.3, -0.25) is 4.79 Å². The van der Waals surface area contributed by atoms with Crippen LogP contribution in [0.3, 0.4) is 0 Å². The monoisotopic (exact) mass is 273 g/mol. The van der Waals surface area contributed by atoms with Crippen LogP contribution in [0.25, 0.3) is 0 Å². The molecule has 94 valence electrons. The van der Waals surface area contributed by atoms with Gasteiger partial charge in [0.1, 0.15) is 11.0 Å². The Labute approximate surface area is 111 Å². The van der Waals surface area contributed by atoms with Crippen LogP contribution in [0, 0.1) is 0 Å². The van der Waals surface area contributed by atoms with Crippen LogP contribution in [0.2, 0.25) is 5.15 Å². The first kappa shape index (κ1) is 14.1. The summed E-state index contributed by atoms with van der Waals surface area (Å²) in [5, 5.41) is 6.17. The van der Waals surface area contributed by atoms with Gasteiger partial charge in [-0.1, -0.05) is 11.6 Å². The molecule has 0 unspecified atom stereocenters. The Hall–Kier alpha value is -0.940. The molecule has 0 saturated heterocycles. The maximum Gasteiger partial charge on any atom is 0.251 e. The first-order valence-electron chi connectivity index (χ1n) is 5.36. The van der Waals surface area contributed by atoms with Crippen LogP contribution < -0.4 is 10.6 Å². The van der Waals surface area contributed by atoms with Gasteiger partial charge < -0.3 is 10.6 Å². The smallest absolute Gasteiger partial charge is 0.251 e. The molecule has 0 aliphatic heterocycles. The predicted molar refractivity (Wildman–Crippen MR) is 74.1 cm³/mol. The summed E-state index contributed by atoms with van der Waals surface area (Å²) in [5.41, 5.74) is 0.530. The van der Waals surface area contributed by atoms with Gasteiger partial charge in [-0.05, 0) is 25.3 Å². The van der Waals surface area contributed by atoms with Gasteiger partial charge in [0, 0.05) is 24.4 Å². The van der Waals surface area contributed by atoms with Crippen molar-refractivity contribution in [2.75, 3.05) is 30.4 Å². The third-order valence-corrected chi connectivity index (χ3v) is 2.81. The molecule has 6 heteroatoms. The fourth-order valence-corrected chi connectivity index (χ4v) is 1.78. The lowest BCUT2D eigenvalue weighted by Gasteiger charge is -2.07. The van der Waals surface area contributed by atoms with Crippen molar-refractivity contribution in [3.8, 4) is 0 Å². The van der Waals surface area contributed by atoms with Crippen LogP contribution in [0.5, 0.6) is 0 Å². The lowest BCUT2D eigenvalue weighted by Crippen LogP contribution is -2.25. The molecule has 1 aromatic heterocycles. The van der Waals surface area contributed by atoms with Gasteiger partial charge >= 0.3 is 0 Å². The summed E-state index contributed by atoms with van der Waals surface area (Å²) in [5.74, 6) is 1.39. The Morgan fingerprint density at radius 1 is 1.53 bits per heavy atom. The number of thioether (sulfide) groups is 1. The van der Waals surface area contributed by atoms with Crippen molar-refractivity contribution in [2.45, 2.75) is 6.92 Å². The second-order valence-corrected chi connectivity index (χ2v) is 4.72. The largest absolute Gasteiger partial charge is 0.370 e. The molecule has 1 aromatic rings. The van der Waals surface area contributed by atoms with E-state index in [4.69, 9.17) is 11.6 Å². The first-order chi connectivity index (χ1) is 8.17. The van der Waals surface area contributed by atoms with Crippen LogP contribution >= 0.6 is 23.4 Å². The number of carbonyl (C=O) groups is 1. The molecule has 0 aromatic carbocycles. The van der Waals surface area contributed by atoms with Crippen molar-refractivity contribution in [1.29, 1.82) is 0 Å². The number of pyridine rings is 1. The number of hydrogen-bond acceptors (Lipinski definition) is 4. The van der Waals surface area contributed by atoms with Gasteiger partial charge in [-0.2, -0.15) is 11.8 Å². The number of amides is 1. The molecule has 0 aliphatic carbocycles. The average Bonchev–Trinajstić information content (AvgIpc) is 2.29. The third kappa shape index (κ3) is 4.83. The topological polar surface area (TPSA) is 54.0 Å². The zero-order valence-corrected chi connectivity index (χ0v) is 11.5. The van der Waals surface area contributed by atoms with Crippen LogP contribution in [0.1, 0.15) is 17.3 Å². The number of nitrogens with one attached hydrogen (secondary N) is 2. The van der Waals surface area contributed by atoms with Crippen LogP contribution in [-0.2, 0) is 0 Å². The summed E-state index contributed by atoms with van der Waals surface area (Å²) in [7, 11) is 0. The maximum absolute atomic E-state index is 11.8. The van der Waals surface area contributed by atoms with E-state index in [2.05, 4.69) is 15.6 Å². The van der Waals surface area contributed by atoms with Crippen LogP contribution in [0.15, 0.2) is 12.1 Å². The third-order valence-electron chi connectivity index (χ3n) is 2.01. The molecule has 1 heterocycles. The quantitative estimate of drug-likeness (QED) is 0.617. The molecule has 0 bridgehead atoms. The molecular formula is C11H16ClN3OS. The van der Waals surface area contributed by atoms with Gasteiger partial charge in [-0.15, -0.1) is 0 Å². The molecule has 1 amide bonds. The van der Waals surface area contributed by atoms with Gasteiger partial charge in [0.05, 0.1) is 0 Å². The fourth-order valence-electron chi connectivity index (χ4n) is 1.27.